The molecular formula is C13H29NO. The van der Waals surface area contributed by atoms with Gasteiger partial charge in [-0.15, -0.1) is 0 Å². The third kappa shape index (κ3) is 5.53. The average Bonchev–Trinajstić information content (AvgIpc) is 2.25. The van der Waals surface area contributed by atoms with Crippen LogP contribution in [0.5, 0.6) is 0 Å². The van der Waals surface area contributed by atoms with Crippen LogP contribution in [0.25, 0.3) is 0 Å². The molecule has 15 heavy (non-hydrogen) atoms. The molecule has 2 heteroatoms. The zero-order valence-electron chi connectivity index (χ0n) is 10.8. The van der Waals surface area contributed by atoms with Crippen LogP contribution in [0.2, 0.25) is 0 Å². The summed E-state index contributed by atoms with van der Waals surface area (Å²) in [5, 5.41) is 9.20. The van der Waals surface area contributed by atoms with Crippen LogP contribution in [0.1, 0.15) is 65.7 Å². The van der Waals surface area contributed by atoms with Gasteiger partial charge in [0.2, 0.25) is 0 Å². The Morgan fingerprint density at radius 3 is 2.07 bits per heavy atom. The molecule has 0 aromatic carbocycles. The number of nitrogens with two attached hydrogens (primary N) is 1. The van der Waals surface area contributed by atoms with Crippen LogP contribution in [0.15, 0.2) is 0 Å². The van der Waals surface area contributed by atoms with Gasteiger partial charge in [-0.05, 0) is 18.3 Å². The minimum Gasteiger partial charge on any atom is -0.395 e. The third-order valence-corrected chi connectivity index (χ3v) is 3.54. The molecule has 0 saturated carbocycles. The van der Waals surface area contributed by atoms with E-state index in [2.05, 4.69) is 20.8 Å². The van der Waals surface area contributed by atoms with Gasteiger partial charge in [-0.3, -0.25) is 0 Å². The highest BCUT2D eigenvalue weighted by Crippen LogP contribution is 2.33. The maximum absolute atomic E-state index is 9.20. The summed E-state index contributed by atoms with van der Waals surface area (Å²) < 4.78 is 0. The second-order valence-electron chi connectivity index (χ2n) is 5.00. The minimum absolute atomic E-state index is 0.0547. The molecule has 0 saturated heterocycles. The molecule has 0 spiro atoms. The van der Waals surface area contributed by atoms with Crippen molar-refractivity contribution >= 4 is 0 Å². The molecule has 0 aliphatic heterocycles. The summed E-state index contributed by atoms with van der Waals surface area (Å²) in [4.78, 5) is 0. The Bertz CT molecular complexity index is 149. The molecule has 3 N–H and O–H groups in total. The highest BCUT2D eigenvalue weighted by molar-refractivity contribution is 4.84. The molecule has 2 atom stereocenters. The van der Waals surface area contributed by atoms with Gasteiger partial charge in [-0.25, -0.2) is 0 Å². The topological polar surface area (TPSA) is 46.2 Å². The van der Waals surface area contributed by atoms with Crippen molar-refractivity contribution < 1.29 is 5.11 Å². The van der Waals surface area contributed by atoms with Crippen LogP contribution in [-0.4, -0.2) is 17.8 Å². The number of rotatable bonds is 9. The van der Waals surface area contributed by atoms with E-state index < -0.39 is 0 Å². The van der Waals surface area contributed by atoms with Crippen molar-refractivity contribution in [3.63, 3.8) is 0 Å². The first kappa shape index (κ1) is 14.9. The molecule has 0 aromatic heterocycles. The second-order valence-corrected chi connectivity index (χ2v) is 5.00. The third-order valence-electron chi connectivity index (χ3n) is 3.54. The van der Waals surface area contributed by atoms with E-state index in [0.717, 1.165) is 12.8 Å². The summed E-state index contributed by atoms with van der Waals surface area (Å²) in [5.41, 5.74) is 6.16. The van der Waals surface area contributed by atoms with Gasteiger partial charge in [0, 0.05) is 6.04 Å². The summed E-state index contributed by atoms with van der Waals surface area (Å²) in [5.74, 6) is 0. The lowest BCUT2D eigenvalue weighted by Gasteiger charge is -2.35. The number of unbranched alkanes of at least 4 members (excludes halogenated alkanes) is 3. The predicted octanol–water partition coefficient (Wildman–Crippen LogP) is 3.08. The molecule has 0 amide bonds. The fourth-order valence-electron chi connectivity index (χ4n) is 2.08. The molecule has 0 radical (unpaired) electrons. The van der Waals surface area contributed by atoms with E-state index in [4.69, 9.17) is 5.73 Å². The quantitative estimate of drug-likeness (QED) is 0.581. The van der Waals surface area contributed by atoms with Crippen molar-refractivity contribution in [2.24, 2.45) is 11.1 Å². The summed E-state index contributed by atoms with van der Waals surface area (Å²) in [6.45, 7) is 6.78. The summed E-state index contributed by atoms with van der Waals surface area (Å²) in [6.07, 6.45) is 8.50. The molecule has 0 aromatic rings. The highest BCUT2D eigenvalue weighted by atomic mass is 16.3. The van der Waals surface area contributed by atoms with Gasteiger partial charge in [-0.1, -0.05) is 52.9 Å². The fourth-order valence-corrected chi connectivity index (χ4v) is 2.08. The van der Waals surface area contributed by atoms with Crippen LogP contribution in [0.4, 0.5) is 0 Å². The number of aliphatic hydroxyl groups is 1. The lowest BCUT2D eigenvalue weighted by molar-refractivity contribution is 0.134. The van der Waals surface area contributed by atoms with E-state index >= 15 is 0 Å². The van der Waals surface area contributed by atoms with Gasteiger partial charge in [0.05, 0.1) is 6.61 Å². The number of hydrogen-bond acceptors (Lipinski definition) is 2. The highest BCUT2D eigenvalue weighted by Gasteiger charge is 2.29. The van der Waals surface area contributed by atoms with Crippen LogP contribution in [0, 0.1) is 5.41 Å². The van der Waals surface area contributed by atoms with Crippen molar-refractivity contribution in [1.29, 1.82) is 0 Å². The standard InChI is InChI=1S/C13H29NO/c1-4-6-8-10-13(3,9-7-5-2)12(14)11-15/h12,15H,4-11,14H2,1-3H3/t12-,13?/m0/s1. The van der Waals surface area contributed by atoms with Crippen LogP contribution >= 0.6 is 0 Å². The van der Waals surface area contributed by atoms with E-state index in [1.165, 1.54) is 32.1 Å². The van der Waals surface area contributed by atoms with E-state index in [-0.39, 0.29) is 18.1 Å². The Labute approximate surface area is 95.3 Å². The summed E-state index contributed by atoms with van der Waals surface area (Å²) >= 11 is 0. The lowest BCUT2D eigenvalue weighted by atomic mass is 9.74. The van der Waals surface area contributed by atoms with E-state index in [0.29, 0.717) is 0 Å². The average molecular weight is 215 g/mol. The van der Waals surface area contributed by atoms with Crippen molar-refractivity contribution in [2.75, 3.05) is 6.61 Å². The van der Waals surface area contributed by atoms with Gasteiger partial charge >= 0.3 is 0 Å². The SMILES string of the molecule is CCCCCC(C)(CCCC)[C@@H](N)CO. The van der Waals surface area contributed by atoms with Gasteiger partial charge in [0.1, 0.15) is 0 Å². The maximum atomic E-state index is 9.20. The molecule has 0 fully saturated rings. The second kappa shape index (κ2) is 8.12. The zero-order chi connectivity index (χ0) is 11.7. The molecule has 0 bridgehead atoms. The van der Waals surface area contributed by atoms with Crippen molar-refractivity contribution in [1.82, 2.24) is 0 Å². The van der Waals surface area contributed by atoms with Gasteiger partial charge < -0.3 is 10.8 Å². The van der Waals surface area contributed by atoms with Crippen molar-refractivity contribution in [2.45, 2.75) is 71.8 Å². The predicted molar refractivity (Wildman–Crippen MR) is 66.8 cm³/mol. The molecule has 0 heterocycles. The Kier molecular flexibility index (Phi) is 8.07. The van der Waals surface area contributed by atoms with E-state index in [1.807, 2.05) is 0 Å². The Morgan fingerprint density at radius 2 is 1.60 bits per heavy atom. The van der Waals surface area contributed by atoms with Crippen LogP contribution < -0.4 is 5.73 Å². The van der Waals surface area contributed by atoms with Gasteiger partial charge in [0.15, 0.2) is 0 Å². The zero-order valence-corrected chi connectivity index (χ0v) is 10.8. The molecule has 1 unspecified atom stereocenters. The molecule has 0 rings (SSSR count). The molecule has 92 valence electrons. The Morgan fingerprint density at radius 1 is 1.07 bits per heavy atom. The van der Waals surface area contributed by atoms with E-state index in [1.54, 1.807) is 0 Å². The molecule has 0 aliphatic rings. The number of aliphatic hydroxyl groups excluding tert-OH is 1. The van der Waals surface area contributed by atoms with Crippen LogP contribution in [-0.2, 0) is 0 Å². The largest absolute Gasteiger partial charge is 0.395 e. The first-order valence-corrected chi connectivity index (χ1v) is 6.47. The Balaban J connectivity index is 4.13. The maximum Gasteiger partial charge on any atom is 0.0587 e. The normalized spacial score (nSPS) is 17.4. The molecule has 2 nitrogen and oxygen atoms in total. The first-order valence-electron chi connectivity index (χ1n) is 6.47. The van der Waals surface area contributed by atoms with Gasteiger partial charge in [-0.2, -0.15) is 0 Å². The van der Waals surface area contributed by atoms with E-state index in [9.17, 15) is 5.11 Å². The minimum atomic E-state index is -0.0547. The lowest BCUT2D eigenvalue weighted by Crippen LogP contribution is -2.42. The fraction of sp³-hybridized carbons (Fsp3) is 1.00. The molecule has 0 aliphatic carbocycles. The smallest absolute Gasteiger partial charge is 0.0587 e. The molecular weight excluding hydrogens is 186 g/mol. The monoisotopic (exact) mass is 215 g/mol. The Hall–Kier alpha value is -0.0800. The first-order chi connectivity index (χ1) is 7.10. The summed E-state index contributed by atoms with van der Waals surface area (Å²) in [6, 6.07) is -0.0547. The van der Waals surface area contributed by atoms with Crippen molar-refractivity contribution in [3.8, 4) is 0 Å². The number of hydrogen-bond donors (Lipinski definition) is 2. The summed E-state index contributed by atoms with van der Waals surface area (Å²) in [7, 11) is 0. The van der Waals surface area contributed by atoms with Crippen LogP contribution in [0.3, 0.4) is 0 Å². The van der Waals surface area contributed by atoms with Crippen molar-refractivity contribution in [3.05, 3.63) is 0 Å². The van der Waals surface area contributed by atoms with Gasteiger partial charge in [0.25, 0.3) is 0 Å².